The van der Waals surface area contributed by atoms with Crippen molar-refractivity contribution in [1.82, 2.24) is 0 Å². The summed E-state index contributed by atoms with van der Waals surface area (Å²) in [6, 6.07) is 0. The zero-order chi connectivity index (χ0) is 8.27. The molecule has 0 aliphatic carbocycles. The van der Waals surface area contributed by atoms with Crippen LogP contribution in [0.3, 0.4) is 0 Å². The third kappa shape index (κ3) is 1.73. The molecule has 60 valence electrons. The summed E-state index contributed by atoms with van der Waals surface area (Å²) in [7, 11) is 0. The topological polar surface area (TPSA) is 9.23 Å². The number of hydrogen-bond acceptors (Lipinski definition) is 1. The zero-order valence-electron chi connectivity index (χ0n) is 7.18. The lowest BCUT2D eigenvalue weighted by Crippen LogP contribution is -1.82. The van der Waals surface area contributed by atoms with Crippen molar-refractivity contribution in [1.29, 1.82) is 0 Å². The van der Waals surface area contributed by atoms with E-state index in [9.17, 15) is 0 Å². The quantitative estimate of drug-likeness (QED) is 0.558. The van der Waals surface area contributed by atoms with Crippen LogP contribution in [0.25, 0.3) is 0 Å². The fourth-order valence-electron chi connectivity index (χ4n) is 1.27. The first-order valence-corrected chi connectivity index (χ1v) is 3.90. The van der Waals surface area contributed by atoms with E-state index in [0.717, 1.165) is 18.8 Å². The van der Waals surface area contributed by atoms with Gasteiger partial charge < -0.3 is 4.74 Å². The van der Waals surface area contributed by atoms with Crippen LogP contribution in [0, 0.1) is 0 Å². The highest BCUT2D eigenvalue weighted by Crippen LogP contribution is 2.25. The van der Waals surface area contributed by atoms with Gasteiger partial charge in [-0.3, -0.25) is 0 Å². The molecule has 0 unspecified atom stereocenters. The Hall–Kier alpha value is -0.980. The molecule has 0 atom stereocenters. The third-order valence-electron chi connectivity index (χ3n) is 1.86. The van der Waals surface area contributed by atoms with Gasteiger partial charge in [-0.1, -0.05) is 18.7 Å². The van der Waals surface area contributed by atoms with Crippen molar-refractivity contribution in [2.75, 3.05) is 6.61 Å². The van der Waals surface area contributed by atoms with Gasteiger partial charge in [0.2, 0.25) is 0 Å². The largest absolute Gasteiger partial charge is 0.494 e. The van der Waals surface area contributed by atoms with Crippen molar-refractivity contribution in [3.05, 3.63) is 35.6 Å². The van der Waals surface area contributed by atoms with Crippen LogP contribution in [0.4, 0.5) is 0 Å². The van der Waals surface area contributed by atoms with Crippen molar-refractivity contribution in [2.45, 2.75) is 20.3 Å². The van der Waals surface area contributed by atoms with Gasteiger partial charge in [-0.05, 0) is 25.0 Å². The van der Waals surface area contributed by atoms with E-state index in [2.05, 4.69) is 19.6 Å². The van der Waals surface area contributed by atoms with Crippen LogP contribution < -0.4 is 0 Å². The van der Waals surface area contributed by atoms with E-state index in [1.165, 1.54) is 11.1 Å². The highest BCUT2D eigenvalue weighted by Gasteiger charge is 2.13. The first-order chi connectivity index (χ1) is 5.25. The van der Waals surface area contributed by atoms with E-state index in [-0.39, 0.29) is 0 Å². The second-order valence-electron chi connectivity index (χ2n) is 2.68. The molecule has 0 N–H and O–H groups in total. The summed E-state index contributed by atoms with van der Waals surface area (Å²) in [5, 5.41) is 0. The number of ether oxygens (including phenoxy) is 1. The van der Waals surface area contributed by atoms with E-state index >= 15 is 0 Å². The molecule has 1 heterocycles. The van der Waals surface area contributed by atoms with Crippen molar-refractivity contribution < 1.29 is 4.74 Å². The molecule has 1 saturated heterocycles. The molecule has 0 aromatic heterocycles. The first kappa shape index (κ1) is 8.12. The molecule has 0 saturated carbocycles. The van der Waals surface area contributed by atoms with Gasteiger partial charge in [0.1, 0.15) is 5.76 Å². The highest BCUT2D eigenvalue weighted by molar-refractivity contribution is 5.36. The van der Waals surface area contributed by atoms with Crippen LogP contribution in [0.2, 0.25) is 0 Å². The molecule has 0 radical (unpaired) electrons. The molecular formula is C10H14O. The van der Waals surface area contributed by atoms with Crippen LogP contribution in [-0.4, -0.2) is 6.61 Å². The Balaban J connectivity index is 2.85. The Kier molecular flexibility index (Phi) is 2.53. The maximum absolute atomic E-state index is 5.25. The predicted molar refractivity (Wildman–Crippen MR) is 47.2 cm³/mol. The Morgan fingerprint density at radius 3 is 2.82 bits per heavy atom. The predicted octanol–water partition coefficient (Wildman–Crippen LogP) is 2.81. The lowest BCUT2D eigenvalue weighted by atomic mass is 10.1. The van der Waals surface area contributed by atoms with Gasteiger partial charge in [0.25, 0.3) is 0 Å². The molecule has 1 aliphatic heterocycles. The van der Waals surface area contributed by atoms with Crippen molar-refractivity contribution in [3.63, 3.8) is 0 Å². The molecular weight excluding hydrogens is 136 g/mol. The van der Waals surface area contributed by atoms with Gasteiger partial charge in [0.05, 0.1) is 6.61 Å². The summed E-state index contributed by atoms with van der Waals surface area (Å²) in [5.74, 6) is 0.848. The zero-order valence-corrected chi connectivity index (χ0v) is 7.18. The SMILES string of the molecule is C=C1OCC/C1=C(C)/C=C\C. The maximum atomic E-state index is 5.25. The second kappa shape index (κ2) is 3.42. The number of hydrogen-bond donors (Lipinski definition) is 0. The van der Waals surface area contributed by atoms with Crippen LogP contribution in [0.15, 0.2) is 35.6 Å². The molecule has 1 aliphatic rings. The summed E-state index contributed by atoms with van der Waals surface area (Å²) < 4.78 is 5.25. The normalized spacial score (nSPS) is 22.5. The Morgan fingerprint density at radius 2 is 2.36 bits per heavy atom. The molecule has 11 heavy (non-hydrogen) atoms. The fraction of sp³-hybridized carbons (Fsp3) is 0.400. The minimum absolute atomic E-state index is 0.795. The minimum Gasteiger partial charge on any atom is -0.494 e. The van der Waals surface area contributed by atoms with Crippen molar-refractivity contribution in [2.24, 2.45) is 0 Å². The lowest BCUT2D eigenvalue weighted by Gasteiger charge is -1.99. The lowest BCUT2D eigenvalue weighted by molar-refractivity contribution is 0.267. The third-order valence-corrected chi connectivity index (χ3v) is 1.86. The van der Waals surface area contributed by atoms with Gasteiger partial charge in [0.15, 0.2) is 0 Å². The molecule has 0 spiro atoms. The first-order valence-electron chi connectivity index (χ1n) is 3.90. The monoisotopic (exact) mass is 150 g/mol. The van der Waals surface area contributed by atoms with Gasteiger partial charge in [-0.25, -0.2) is 0 Å². The average molecular weight is 150 g/mol. The smallest absolute Gasteiger partial charge is 0.115 e. The van der Waals surface area contributed by atoms with Crippen LogP contribution >= 0.6 is 0 Å². The molecule has 0 bridgehead atoms. The van der Waals surface area contributed by atoms with Crippen LogP contribution in [0.1, 0.15) is 20.3 Å². The fourth-order valence-corrected chi connectivity index (χ4v) is 1.27. The summed E-state index contributed by atoms with van der Waals surface area (Å²) in [5.41, 5.74) is 2.54. The van der Waals surface area contributed by atoms with E-state index in [4.69, 9.17) is 4.74 Å². The Labute approximate surface area is 68.1 Å². The Morgan fingerprint density at radius 1 is 1.64 bits per heavy atom. The van der Waals surface area contributed by atoms with Gasteiger partial charge in [-0.2, -0.15) is 0 Å². The highest BCUT2D eigenvalue weighted by atomic mass is 16.5. The maximum Gasteiger partial charge on any atom is 0.115 e. The van der Waals surface area contributed by atoms with Crippen LogP contribution in [-0.2, 0) is 4.74 Å². The second-order valence-corrected chi connectivity index (χ2v) is 2.68. The summed E-state index contributed by atoms with van der Waals surface area (Å²) in [6.45, 7) is 8.73. The minimum atomic E-state index is 0.795. The summed E-state index contributed by atoms with van der Waals surface area (Å²) >= 11 is 0. The molecule has 1 heteroatoms. The Bertz CT molecular complexity index is 221. The van der Waals surface area contributed by atoms with Gasteiger partial charge in [-0.15, -0.1) is 0 Å². The summed E-state index contributed by atoms with van der Waals surface area (Å²) in [4.78, 5) is 0. The number of rotatable bonds is 1. The van der Waals surface area contributed by atoms with Gasteiger partial charge in [0, 0.05) is 6.42 Å². The molecule has 0 aromatic rings. The number of allylic oxidation sites excluding steroid dienone is 4. The molecule has 1 rings (SSSR count). The molecule has 0 amide bonds. The summed E-state index contributed by atoms with van der Waals surface area (Å²) in [6.07, 6.45) is 5.14. The van der Waals surface area contributed by atoms with E-state index in [1.807, 2.05) is 13.0 Å². The van der Waals surface area contributed by atoms with E-state index < -0.39 is 0 Å². The average Bonchev–Trinajstić information content (AvgIpc) is 2.36. The standard InChI is InChI=1S/C10H14O/c1-4-5-8(2)10-6-7-11-9(10)3/h4-5H,3,6-7H2,1-2H3/b5-4-,10-8-. The molecule has 1 fully saturated rings. The molecule has 1 nitrogen and oxygen atoms in total. The van der Waals surface area contributed by atoms with Crippen molar-refractivity contribution in [3.8, 4) is 0 Å². The van der Waals surface area contributed by atoms with Gasteiger partial charge >= 0.3 is 0 Å². The van der Waals surface area contributed by atoms with E-state index in [1.54, 1.807) is 0 Å². The van der Waals surface area contributed by atoms with Crippen molar-refractivity contribution >= 4 is 0 Å². The van der Waals surface area contributed by atoms with E-state index in [0.29, 0.717) is 0 Å². The van der Waals surface area contributed by atoms with Crippen LogP contribution in [0.5, 0.6) is 0 Å². The molecule has 0 aromatic carbocycles.